The van der Waals surface area contributed by atoms with Crippen LogP contribution in [0.3, 0.4) is 0 Å². The number of carboxylic acids is 1. The van der Waals surface area contributed by atoms with Gasteiger partial charge < -0.3 is 9.84 Å². The molecule has 0 saturated carbocycles. The molecule has 0 aromatic carbocycles. The van der Waals surface area contributed by atoms with Gasteiger partial charge in [0.15, 0.2) is 6.10 Å². The number of nitrogens with zero attached hydrogens (tertiary/aromatic N) is 2. The Bertz CT molecular complexity index is 328. The van der Waals surface area contributed by atoms with Crippen molar-refractivity contribution in [1.82, 2.24) is 9.88 Å². The summed E-state index contributed by atoms with van der Waals surface area (Å²) in [6.07, 6.45) is -0.697. The number of rotatable bonds is 3. The third-order valence-corrected chi connectivity index (χ3v) is 2.93. The van der Waals surface area contributed by atoms with Crippen LogP contribution in [0.25, 0.3) is 0 Å². The molecule has 0 spiro atoms. The Balaban J connectivity index is 1.90. The van der Waals surface area contributed by atoms with Gasteiger partial charge in [0.05, 0.1) is 17.8 Å². The van der Waals surface area contributed by atoms with E-state index in [1.165, 1.54) is 0 Å². The number of carboxylic acid groups (broad SMARTS) is 1. The van der Waals surface area contributed by atoms with Gasteiger partial charge >= 0.3 is 5.97 Å². The molecule has 1 aliphatic rings. The van der Waals surface area contributed by atoms with Gasteiger partial charge in [-0.15, -0.1) is 11.3 Å². The van der Waals surface area contributed by atoms with Gasteiger partial charge in [0.1, 0.15) is 0 Å². The lowest BCUT2D eigenvalue weighted by atomic mass is 10.2. The average Bonchev–Trinajstić information content (AvgIpc) is 2.71. The fourth-order valence-corrected chi connectivity index (χ4v) is 2.09. The second kappa shape index (κ2) is 4.69. The van der Waals surface area contributed by atoms with Crippen LogP contribution in [0, 0.1) is 0 Å². The van der Waals surface area contributed by atoms with Gasteiger partial charge in [-0.05, 0) is 0 Å². The van der Waals surface area contributed by atoms with Crippen molar-refractivity contribution in [2.75, 3.05) is 19.7 Å². The van der Waals surface area contributed by atoms with Crippen molar-refractivity contribution in [3.05, 3.63) is 16.6 Å². The first kappa shape index (κ1) is 10.5. The molecule has 1 fully saturated rings. The molecule has 2 heterocycles. The molecule has 15 heavy (non-hydrogen) atoms. The van der Waals surface area contributed by atoms with E-state index >= 15 is 0 Å². The van der Waals surface area contributed by atoms with Crippen molar-refractivity contribution >= 4 is 17.3 Å². The third-order valence-electron chi connectivity index (χ3n) is 2.30. The van der Waals surface area contributed by atoms with Gasteiger partial charge in [-0.25, -0.2) is 9.78 Å². The van der Waals surface area contributed by atoms with E-state index in [1.54, 1.807) is 16.8 Å². The van der Waals surface area contributed by atoms with Gasteiger partial charge in [0.2, 0.25) is 0 Å². The minimum Gasteiger partial charge on any atom is -0.479 e. The first-order chi connectivity index (χ1) is 7.25. The second-order valence-corrected chi connectivity index (χ2v) is 4.13. The van der Waals surface area contributed by atoms with E-state index in [-0.39, 0.29) is 0 Å². The summed E-state index contributed by atoms with van der Waals surface area (Å²) in [6, 6.07) is 0. The van der Waals surface area contributed by atoms with E-state index < -0.39 is 12.1 Å². The normalized spacial score (nSPS) is 22.8. The Hall–Kier alpha value is -0.980. The number of aliphatic carboxylic acids is 1. The van der Waals surface area contributed by atoms with Crippen LogP contribution in [0.4, 0.5) is 0 Å². The fraction of sp³-hybridized carbons (Fsp3) is 0.556. The van der Waals surface area contributed by atoms with E-state index in [2.05, 4.69) is 9.88 Å². The monoisotopic (exact) mass is 228 g/mol. The molecule has 1 atom stereocenters. The van der Waals surface area contributed by atoms with Gasteiger partial charge in [-0.3, -0.25) is 4.90 Å². The Morgan fingerprint density at radius 3 is 3.33 bits per heavy atom. The zero-order valence-electron chi connectivity index (χ0n) is 8.13. The molecular weight excluding hydrogens is 216 g/mol. The standard InChI is InChI=1S/C9H12N2O3S/c12-9(13)8-4-11(1-2-14-8)3-7-5-15-6-10-7/h5-6,8H,1-4H2,(H,12,13). The van der Waals surface area contributed by atoms with Crippen molar-refractivity contribution in [3.8, 4) is 0 Å². The number of ether oxygens (including phenoxy) is 1. The predicted octanol–water partition coefficient (Wildman–Crippen LogP) is 0.428. The van der Waals surface area contributed by atoms with Crippen LogP contribution < -0.4 is 0 Å². The van der Waals surface area contributed by atoms with Crippen LogP contribution >= 0.6 is 11.3 Å². The first-order valence-electron chi connectivity index (χ1n) is 4.69. The number of hydrogen-bond acceptors (Lipinski definition) is 5. The molecule has 82 valence electrons. The summed E-state index contributed by atoms with van der Waals surface area (Å²) in [6.45, 7) is 2.38. The van der Waals surface area contributed by atoms with Crippen LogP contribution in [0.5, 0.6) is 0 Å². The van der Waals surface area contributed by atoms with Gasteiger partial charge in [0, 0.05) is 25.0 Å². The Labute approximate surface area is 91.3 Å². The molecule has 6 heteroatoms. The molecule has 1 N–H and O–H groups in total. The van der Waals surface area contributed by atoms with Crippen molar-refractivity contribution in [2.45, 2.75) is 12.6 Å². The Morgan fingerprint density at radius 2 is 2.67 bits per heavy atom. The van der Waals surface area contributed by atoms with Crippen LogP contribution in [0.2, 0.25) is 0 Å². The smallest absolute Gasteiger partial charge is 0.334 e. The van der Waals surface area contributed by atoms with Gasteiger partial charge in [0.25, 0.3) is 0 Å². The second-order valence-electron chi connectivity index (χ2n) is 3.41. The summed E-state index contributed by atoms with van der Waals surface area (Å²) < 4.78 is 5.13. The highest BCUT2D eigenvalue weighted by Gasteiger charge is 2.26. The summed E-state index contributed by atoms with van der Waals surface area (Å²) in [5, 5.41) is 10.8. The van der Waals surface area contributed by atoms with Crippen molar-refractivity contribution in [1.29, 1.82) is 0 Å². The maximum atomic E-state index is 10.7. The van der Waals surface area contributed by atoms with E-state index in [1.807, 2.05) is 5.38 Å². The van der Waals surface area contributed by atoms with Crippen molar-refractivity contribution in [2.24, 2.45) is 0 Å². The molecule has 0 aliphatic carbocycles. The number of aromatic nitrogens is 1. The predicted molar refractivity (Wildman–Crippen MR) is 54.8 cm³/mol. The highest BCUT2D eigenvalue weighted by molar-refractivity contribution is 7.07. The quantitative estimate of drug-likeness (QED) is 0.812. The molecule has 0 amide bonds. The number of thiazole rings is 1. The van der Waals surface area contributed by atoms with Crippen molar-refractivity contribution in [3.63, 3.8) is 0 Å². The minimum absolute atomic E-state index is 0.437. The SMILES string of the molecule is O=C(O)C1CN(Cc2cscn2)CCO1. The number of carbonyl (C=O) groups is 1. The molecular formula is C9H12N2O3S. The molecule has 0 radical (unpaired) electrons. The summed E-state index contributed by atoms with van der Waals surface area (Å²) >= 11 is 1.55. The number of hydrogen-bond donors (Lipinski definition) is 1. The maximum Gasteiger partial charge on any atom is 0.334 e. The lowest BCUT2D eigenvalue weighted by Gasteiger charge is -2.30. The Morgan fingerprint density at radius 1 is 1.80 bits per heavy atom. The third kappa shape index (κ3) is 2.74. The van der Waals surface area contributed by atoms with Gasteiger partial charge in [-0.1, -0.05) is 0 Å². The minimum atomic E-state index is -0.891. The van der Waals surface area contributed by atoms with E-state index in [0.717, 1.165) is 12.2 Å². The zero-order valence-corrected chi connectivity index (χ0v) is 8.94. The lowest BCUT2D eigenvalue weighted by Crippen LogP contribution is -2.45. The summed E-state index contributed by atoms with van der Waals surface area (Å²) in [4.78, 5) is 17.0. The molecule has 1 aromatic heterocycles. The van der Waals surface area contributed by atoms with Crippen LogP contribution in [-0.2, 0) is 16.1 Å². The molecule has 1 unspecified atom stereocenters. The van der Waals surface area contributed by atoms with E-state index in [9.17, 15) is 4.79 Å². The highest BCUT2D eigenvalue weighted by Crippen LogP contribution is 2.10. The van der Waals surface area contributed by atoms with Gasteiger partial charge in [-0.2, -0.15) is 0 Å². The lowest BCUT2D eigenvalue weighted by molar-refractivity contribution is -0.156. The highest BCUT2D eigenvalue weighted by atomic mass is 32.1. The van der Waals surface area contributed by atoms with E-state index in [0.29, 0.717) is 19.7 Å². The number of morpholine rings is 1. The fourth-order valence-electron chi connectivity index (χ4n) is 1.54. The Kier molecular flexibility index (Phi) is 3.30. The van der Waals surface area contributed by atoms with Crippen LogP contribution in [0.1, 0.15) is 5.69 Å². The summed E-state index contributed by atoms with van der Waals surface area (Å²) in [5.41, 5.74) is 2.77. The zero-order chi connectivity index (χ0) is 10.7. The molecule has 1 aromatic rings. The van der Waals surface area contributed by atoms with E-state index in [4.69, 9.17) is 9.84 Å². The molecule has 0 bridgehead atoms. The summed E-state index contributed by atoms with van der Waals surface area (Å²) in [5.74, 6) is -0.891. The topological polar surface area (TPSA) is 62.7 Å². The average molecular weight is 228 g/mol. The molecule has 1 saturated heterocycles. The van der Waals surface area contributed by atoms with Crippen LogP contribution in [-0.4, -0.2) is 46.8 Å². The van der Waals surface area contributed by atoms with Crippen LogP contribution in [0.15, 0.2) is 10.9 Å². The molecule has 1 aliphatic heterocycles. The maximum absolute atomic E-state index is 10.7. The summed E-state index contributed by atoms with van der Waals surface area (Å²) in [7, 11) is 0. The van der Waals surface area contributed by atoms with Crippen molar-refractivity contribution < 1.29 is 14.6 Å². The molecule has 5 nitrogen and oxygen atoms in total. The first-order valence-corrected chi connectivity index (χ1v) is 5.64. The molecule has 2 rings (SSSR count). The largest absolute Gasteiger partial charge is 0.479 e.